The van der Waals surface area contributed by atoms with Crippen molar-refractivity contribution in [1.29, 1.82) is 0 Å². The van der Waals surface area contributed by atoms with Gasteiger partial charge in [-0.1, -0.05) is 48.5 Å². The van der Waals surface area contributed by atoms with E-state index in [1.807, 2.05) is 48.5 Å². The summed E-state index contributed by atoms with van der Waals surface area (Å²) in [4.78, 5) is 35.0. The molecular formula is C23H25NO6S. The highest BCUT2D eigenvalue weighted by atomic mass is 32.2. The first-order valence-electron chi connectivity index (χ1n) is 9.86. The molecular weight excluding hydrogens is 418 g/mol. The van der Waals surface area contributed by atoms with Crippen molar-refractivity contribution in [2.45, 2.75) is 25.8 Å². The van der Waals surface area contributed by atoms with Crippen LogP contribution in [0.3, 0.4) is 0 Å². The second-order valence-electron chi connectivity index (χ2n) is 8.06. The first kappa shape index (κ1) is 22.7. The van der Waals surface area contributed by atoms with Gasteiger partial charge in [0.2, 0.25) is 0 Å². The van der Waals surface area contributed by atoms with Gasteiger partial charge in [-0.05, 0) is 36.1 Å². The molecule has 1 atom stereocenters. The van der Waals surface area contributed by atoms with Crippen molar-refractivity contribution in [3.05, 3.63) is 59.7 Å². The van der Waals surface area contributed by atoms with E-state index in [9.17, 15) is 19.5 Å². The van der Waals surface area contributed by atoms with Crippen LogP contribution in [0.2, 0.25) is 0 Å². The number of carboxylic acids is 2. The number of hydrogen-bond donors (Lipinski definition) is 3. The lowest BCUT2D eigenvalue weighted by atomic mass is 9.97. The summed E-state index contributed by atoms with van der Waals surface area (Å²) in [5.74, 6) is -2.02. The van der Waals surface area contributed by atoms with E-state index in [0.717, 1.165) is 34.0 Å². The average Bonchev–Trinajstić information content (AvgIpc) is 3.05. The summed E-state index contributed by atoms with van der Waals surface area (Å²) in [5.41, 5.74) is 3.36. The predicted octanol–water partition coefficient (Wildman–Crippen LogP) is 3.82. The molecule has 0 saturated carbocycles. The van der Waals surface area contributed by atoms with Crippen molar-refractivity contribution in [3.63, 3.8) is 0 Å². The van der Waals surface area contributed by atoms with Gasteiger partial charge < -0.3 is 20.3 Å². The Morgan fingerprint density at radius 1 is 1.03 bits per heavy atom. The number of carbonyl (C=O) groups excluding carboxylic acids is 1. The van der Waals surface area contributed by atoms with Crippen LogP contribution in [0.15, 0.2) is 48.5 Å². The summed E-state index contributed by atoms with van der Waals surface area (Å²) in [6, 6.07) is 14.7. The van der Waals surface area contributed by atoms with Gasteiger partial charge in [0.05, 0.1) is 5.41 Å². The van der Waals surface area contributed by atoms with Crippen LogP contribution in [0, 0.1) is 5.41 Å². The number of hydrogen-bond acceptors (Lipinski definition) is 5. The van der Waals surface area contributed by atoms with Gasteiger partial charge in [0.25, 0.3) is 0 Å². The summed E-state index contributed by atoms with van der Waals surface area (Å²) in [6.07, 6.45) is -0.813. The number of fused-ring (bicyclic) bond motifs is 3. The number of nitrogens with one attached hydrogen (secondary N) is 1. The Hall–Kier alpha value is -3.00. The fraction of sp³-hybridized carbons (Fsp3) is 0.348. The first-order valence-corrected chi connectivity index (χ1v) is 11.0. The first-order chi connectivity index (χ1) is 14.7. The SMILES string of the molecule is CC(C)(CSCC(NC(=O)OCC1c2ccccc2-c2ccccc21)C(=O)O)C(=O)O. The molecule has 0 radical (unpaired) electrons. The molecule has 164 valence electrons. The molecule has 2 aromatic rings. The summed E-state index contributed by atoms with van der Waals surface area (Å²) in [5, 5.41) is 20.9. The third-order valence-corrected chi connectivity index (χ3v) is 6.76. The van der Waals surface area contributed by atoms with Crippen LogP contribution >= 0.6 is 11.8 Å². The van der Waals surface area contributed by atoms with E-state index in [2.05, 4.69) is 5.32 Å². The summed E-state index contributed by atoms with van der Waals surface area (Å²) < 4.78 is 5.39. The third kappa shape index (κ3) is 5.19. The van der Waals surface area contributed by atoms with Crippen LogP contribution in [0.5, 0.6) is 0 Å². The zero-order chi connectivity index (χ0) is 22.6. The number of aliphatic carboxylic acids is 2. The highest BCUT2D eigenvalue weighted by molar-refractivity contribution is 7.99. The molecule has 1 aliphatic rings. The van der Waals surface area contributed by atoms with Crippen LogP contribution in [0.1, 0.15) is 30.9 Å². The van der Waals surface area contributed by atoms with Crippen LogP contribution in [-0.2, 0) is 14.3 Å². The third-order valence-electron chi connectivity index (χ3n) is 5.26. The molecule has 0 aliphatic heterocycles. The van der Waals surface area contributed by atoms with Gasteiger partial charge in [-0.2, -0.15) is 11.8 Å². The van der Waals surface area contributed by atoms with Gasteiger partial charge in [-0.15, -0.1) is 0 Å². The van der Waals surface area contributed by atoms with Gasteiger partial charge in [0.15, 0.2) is 0 Å². The molecule has 0 saturated heterocycles. The zero-order valence-electron chi connectivity index (χ0n) is 17.3. The van der Waals surface area contributed by atoms with Crippen molar-refractivity contribution in [1.82, 2.24) is 5.32 Å². The quantitative estimate of drug-likeness (QED) is 0.540. The van der Waals surface area contributed by atoms with E-state index in [1.54, 1.807) is 13.8 Å². The molecule has 0 spiro atoms. The molecule has 8 heteroatoms. The monoisotopic (exact) mass is 443 g/mol. The van der Waals surface area contributed by atoms with Crippen LogP contribution in [0.4, 0.5) is 4.79 Å². The van der Waals surface area contributed by atoms with Gasteiger partial charge in [0, 0.05) is 17.4 Å². The molecule has 2 aromatic carbocycles. The number of carbonyl (C=O) groups is 3. The molecule has 1 amide bonds. The van der Waals surface area contributed by atoms with Crippen LogP contribution in [-0.4, -0.2) is 52.4 Å². The van der Waals surface area contributed by atoms with Crippen molar-refractivity contribution >= 4 is 29.8 Å². The number of ether oxygens (including phenoxy) is 1. The van der Waals surface area contributed by atoms with Crippen LogP contribution < -0.4 is 5.32 Å². The highest BCUT2D eigenvalue weighted by Crippen LogP contribution is 2.44. The number of thioether (sulfide) groups is 1. The zero-order valence-corrected chi connectivity index (χ0v) is 18.1. The molecule has 1 unspecified atom stereocenters. The summed E-state index contributed by atoms with van der Waals surface area (Å²) in [7, 11) is 0. The van der Waals surface area contributed by atoms with Gasteiger partial charge in [0.1, 0.15) is 12.6 Å². The molecule has 3 rings (SSSR count). The second-order valence-corrected chi connectivity index (χ2v) is 9.10. The van der Waals surface area contributed by atoms with Gasteiger partial charge in [-0.3, -0.25) is 4.79 Å². The van der Waals surface area contributed by atoms with Gasteiger partial charge >= 0.3 is 18.0 Å². The fourth-order valence-electron chi connectivity index (χ4n) is 3.45. The van der Waals surface area contributed by atoms with E-state index in [-0.39, 0.29) is 24.0 Å². The van der Waals surface area contributed by atoms with Crippen molar-refractivity contribution in [3.8, 4) is 11.1 Å². The van der Waals surface area contributed by atoms with E-state index < -0.39 is 29.5 Å². The highest BCUT2D eigenvalue weighted by Gasteiger charge is 2.31. The average molecular weight is 444 g/mol. The molecule has 0 heterocycles. The lowest BCUT2D eigenvalue weighted by molar-refractivity contribution is -0.145. The van der Waals surface area contributed by atoms with E-state index in [1.165, 1.54) is 0 Å². The minimum atomic E-state index is -1.20. The topological polar surface area (TPSA) is 113 Å². The van der Waals surface area contributed by atoms with E-state index >= 15 is 0 Å². The number of carboxylic acid groups (broad SMARTS) is 2. The summed E-state index contributed by atoms with van der Waals surface area (Å²) in [6.45, 7) is 3.22. The predicted molar refractivity (Wildman–Crippen MR) is 118 cm³/mol. The minimum Gasteiger partial charge on any atom is -0.481 e. The Labute approximate surface area is 184 Å². The second kappa shape index (κ2) is 9.43. The van der Waals surface area contributed by atoms with E-state index in [4.69, 9.17) is 9.84 Å². The Morgan fingerprint density at radius 3 is 2.10 bits per heavy atom. The Morgan fingerprint density at radius 2 is 1.58 bits per heavy atom. The van der Waals surface area contributed by atoms with Crippen molar-refractivity contribution in [2.24, 2.45) is 5.41 Å². The van der Waals surface area contributed by atoms with Crippen molar-refractivity contribution in [2.75, 3.05) is 18.1 Å². The maximum atomic E-state index is 12.3. The number of rotatable bonds is 9. The number of benzene rings is 2. The fourth-order valence-corrected chi connectivity index (χ4v) is 4.66. The Balaban J connectivity index is 1.59. The lowest BCUT2D eigenvalue weighted by Crippen LogP contribution is -2.43. The summed E-state index contributed by atoms with van der Waals surface area (Å²) >= 11 is 1.16. The molecule has 31 heavy (non-hydrogen) atoms. The molecule has 3 N–H and O–H groups in total. The largest absolute Gasteiger partial charge is 0.481 e. The van der Waals surface area contributed by atoms with E-state index in [0.29, 0.717) is 0 Å². The molecule has 1 aliphatic carbocycles. The molecule has 0 aromatic heterocycles. The molecule has 7 nitrogen and oxygen atoms in total. The normalized spacial score (nSPS) is 13.7. The van der Waals surface area contributed by atoms with Crippen molar-refractivity contribution < 1.29 is 29.3 Å². The van der Waals surface area contributed by atoms with Crippen LogP contribution in [0.25, 0.3) is 11.1 Å². The maximum absolute atomic E-state index is 12.3. The molecule has 0 bridgehead atoms. The maximum Gasteiger partial charge on any atom is 0.407 e. The number of amides is 1. The Kier molecular flexibility index (Phi) is 6.90. The minimum absolute atomic E-state index is 0.0379. The van der Waals surface area contributed by atoms with Gasteiger partial charge in [-0.25, -0.2) is 9.59 Å². The standard InChI is InChI=1S/C23H25NO6S/c1-23(2,21(27)28)13-31-12-19(20(25)26)24-22(29)30-11-18-16-9-5-3-7-14(16)15-8-4-6-10-17(15)18/h3-10,18-19H,11-13H2,1-2H3,(H,24,29)(H,25,26)(H,27,28). The number of alkyl carbamates (subject to hydrolysis) is 1. The Bertz CT molecular complexity index is 944. The molecule has 0 fully saturated rings. The lowest BCUT2D eigenvalue weighted by Gasteiger charge is -2.20. The smallest absolute Gasteiger partial charge is 0.407 e.